The fraction of sp³-hybridized carbons (Fsp3) is 1.00. The molecule has 0 spiro atoms. The van der Waals surface area contributed by atoms with Crippen LogP contribution in [0.25, 0.3) is 0 Å². The van der Waals surface area contributed by atoms with Crippen LogP contribution in [0.2, 0.25) is 0 Å². The van der Waals surface area contributed by atoms with Crippen molar-refractivity contribution in [1.29, 1.82) is 0 Å². The first-order valence-corrected chi connectivity index (χ1v) is 3.61. The Kier molecular flexibility index (Phi) is 4.55. The van der Waals surface area contributed by atoms with Crippen LogP contribution >= 0.6 is 0 Å². The lowest BCUT2D eigenvalue weighted by atomic mass is 10.4. The van der Waals surface area contributed by atoms with E-state index in [0.29, 0.717) is 13.1 Å². The monoisotopic (exact) mass is 147 g/mol. The average molecular weight is 147 g/mol. The summed E-state index contributed by atoms with van der Waals surface area (Å²) in [4.78, 5) is 0. The summed E-state index contributed by atoms with van der Waals surface area (Å²) in [5, 5.41) is 15.1. The van der Waals surface area contributed by atoms with E-state index in [0.717, 1.165) is 0 Å². The number of hydrogen-bond acceptors (Lipinski definition) is 4. The zero-order chi connectivity index (χ0) is 8.04. The molecule has 0 atom stereocenters. The van der Waals surface area contributed by atoms with E-state index in [4.69, 9.17) is 5.73 Å². The molecule has 0 aliphatic carbocycles. The van der Waals surface area contributed by atoms with Crippen molar-refractivity contribution in [3.63, 3.8) is 0 Å². The SMILES string of the molecule is CCNC(O)(CN)NCC. The second-order valence-electron chi connectivity index (χ2n) is 2.13. The Morgan fingerprint density at radius 1 is 1.30 bits per heavy atom. The van der Waals surface area contributed by atoms with Crippen LogP contribution in [0.1, 0.15) is 13.8 Å². The summed E-state index contributed by atoms with van der Waals surface area (Å²) in [6, 6.07) is 0. The van der Waals surface area contributed by atoms with Crippen LogP contribution in [0, 0.1) is 0 Å². The van der Waals surface area contributed by atoms with E-state index in [1.165, 1.54) is 0 Å². The molecular weight excluding hydrogens is 130 g/mol. The minimum Gasteiger partial charge on any atom is -0.362 e. The van der Waals surface area contributed by atoms with E-state index < -0.39 is 5.85 Å². The zero-order valence-electron chi connectivity index (χ0n) is 6.65. The highest BCUT2D eigenvalue weighted by Gasteiger charge is 2.20. The molecule has 0 unspecified atom stereocenters. The quantitative estimate of drug-likeness (QED) is 0.369. The molecule has 0 aliphatic rings. The molecule has 10 heavy (non-hydrogen) atoms. The average Bonchev–Trinajstić information content (AvgIpc) is 1.89. The molecule has 5 N–H and O–H groups in total. The lowest BCUT2D eigenvalue weighted by Gasteiger charge is -2.27. The van der Waals surface area contributed by atoms with Gasteiger partial charge in [-0.05, 0) is 13.1 Å². The summed E-state index contributed by atoms with van der Waals surface area (Å²) in [7, 11) is 0. The fourth-order valence-electron chi connectivity index (χ4n) is 0.792. The van der Waals surface area contributed by atoms with E-state index >= 15 is 0 Å². The van der Waals surface area contributed by atoms with E-state index in [9.17, 15) is 5.11 Å². The number of aliphatic hydroxyl groups is 1. The summed E-state index contributed by atoms with van der Waals surface area (Å²) in [6.45, 7) is 5.39. The van der Waals surface area contributed by atoms with Crippen LogP contribution in [0.3, 0.4) is 0 Å². The largest absolute Gasteiger partial charge is 0.362 e. The molecule has 0 saturated heterocycles. The van der Waals surface area contributed by atoms with Crippen molar-refractivity contribution in [2.75, 3.05) is 19.6 Å². The van der Waals surface area contributed by atoms with Crippen molar-refractivity contribution in [2.45, 2.75) is 19.7 Å². The van der Waals surface area contributed by atoms with E-state index in [-0.39, 0.29) is 6.54 Å². The minimum absolute atomic E-state index is 0.175. The van der Waals surface area contributed by atoms with Gasteiger partial charge in [-0.1, -0.05) is 13.8 Å². The molecule has 4 nitrogen and oxygen atoms in total. The van der Waals surface area contributed by atoms with Crippen molar-refractivity contribution < 1.29 is 5.11 Å². The Morgan fingerprint density at radius 3 is 1.90 bits per heavy atom. The summed E-state index contributed by atoms with van der Waals surface area (Å²) in [6.07, 6.45) is 0. The van der Waals surface area contributed by atoms with Crippen LogP contribution in [0.4, 0.5) is 0 Å². The smallest absolute Gasteiger partial charge is 0.184 e. The molecule has 0 radical (unpaired) electrons. The van der Waals surface area contributed by atoms with Gasteiger partial charge in [0.05, 0.1) is 6.54 Å². The fourth-order valence-corrected chi connectivity index (χ4v) is 0.792. The van der Waals surface area contributed by atoms with Crippen molar-refractivity contribution >= 4 is 0 Å². The van der Waals surface area contributed by atoms with Crippen molar-refractivity contribution in [2.24, 2.45) is 5.73 Å². The molecule has 0 aromatic rings. The van der Waals surface area contributed by atoms with Gasteiger partial charge in [0.2, 0.25) is 0 Å². The van der Waals surface area contributed by atoms with Crippen LogP contribution in [0.15, 0.2) is 0 Å². The number of nitrogens with one attached hydrogen (secondary N) is 2. The Hall–Kier alpha value is -0.160. The number of hydrogen-bond donors (Lipinski definition) is 4. The predicted molar refractivity (Wildman–Crippen MR) is 41.4 cm³/mol. The third-order valence-electron chi connectivity index (χ3n) is 1.23. The van der Waals surface area contributed by atoms with Crippen LogP contribution in [-0.4, -0.2) is 30.6 Å². The van der Waals surface area contributed by atoms with Gasteiger partial charge in [0.15, 0.2) is 5.85 Å². The van der Waals surface area contributed by atoms with Gasteiger partial charge < -0.3 is 10.8 Å². The maximum Gasteiger partial charge on any atom is 0.184 e. The van der Waals surface area contributed by atoms with Crippen LogP contribution in [0.5, 0.6) is 0 Å². The Bertz CT molecular complexity index is 81.1. The lowest BCUT2D eigenvalue weighted by molar-refractivity contribution is -0.0160. The highest BCUT2D eigenvalue weighted by Crippen LogP contribution is 1.88. The second-order valence-corrected chi connectivity index (χ2v) is 2.13. The first-order chi connectivity index (χ1) is 4.68. The van der Waals surface area contributed by atoms with Gasteiger partial charge >= 0.3 is 0 Å². The zero-order valence-corrected chi connectivity index (χ0v) is 6.65. The van der Waals surface area contributed by atoms with Crippen molar-refractivity contribution in [3.8, 4) is 0 Å². The number of rotatable bonds is 5. The molecule has 4 heteroatoms. The summed E-state index contributed by atoms with van der Waals surface area (Å²) < 4.78 is 0. The molecule has 0 aromatic heterocycles. The van der Waals surface area contributed by atoms with E-state index in [1.54, 1.807) is 0 Å². The second kappa shape index (κ2) is 4.62. The normalized spacial score (nSPS) is 12.0. The highest BCUT2D eigenvalue weighted by atomic mass is 16.3. The maximum atomic E-state index is 9.47. The molecule has 62 valence electrons. The summed E-state index contributed by atoms with van der Waals surface area (Å²) >= 11 is 0. The third kappa shape index (κ3) is 3.12. The lowest BCUT2D eigenvalue weighted by Crippen LogP contribution is -2.61. The molecule has 0 heterocycles. The number of likely N-dealkylation sites (N-methyl/N-ethyl adjacent to an activating group) is 2. The van der Waals surface area contributed by atoms with Gasteiger partial charge in [-0.25, -0.2) is 0 Å². The van der Waals surface area contributed by atoms with Crippen molar-refractivity contribution in [3.05, 3.63) is 0 Å². The van der Waals surface area contributed by atoms with Gasteiger partial charge in [0, 0.05) is 0 Å². The Morgan fingerprint density at radius 2 is 1.70 bits per heavy atom. The van der Waals surface area contributed by atoms with Gasteiger partial charge in [0.25, 0.3) is 0 Å². The van der Waals surface area contributed by atoms with Crippen LogP contribution < -0.4 is 16.4 Å². The summed E-state index contributed by atoms with van der Waals surface area (Å²) in [5.41, 5.74) is 5.30. The van der Waals surface area contributed by atoms with Gasteiger partial charge in [-0.3, -0.25) is 10.6 Å². The topological polar surface area (TPSA) is 70.3 Å². The Labute approximate surface area is 61.8 Å². The predicted octanol–water partition coefficient (Wildman–Crippen LogP) is -1.19. The van der Waals surface area contributed by atoms with Crippen molar-refractivity contribution in [1.82, 2.24) is 10.6 Å². The first-order valence-electron chi connectivity index (χ1n) is 3.61. The Balaban J connectivity index is 3.69. The van der Waals surface area contributed by atoms with Gasteiger partial charge in [0.1, 0.15) is 0 Å². The summed E-state index contributed by atoms with van der Waals surface area (Å²) in [5.74, 6) is -1.08. The molecule has 0 aliphatic heterocycles. The molecule has 0 rings (SSSR count). The minimum atomic E-state index is -1.08. The molecule has 0 bridgehead atoms. The number of nitrogens with two attached hydrogens (primary N) is 1. The molecule has 0 aromatic carbocycles. The molecule has 0 amide bonds. The van der Waals surface area contributed by atoms with E-state index in [2.05, 4.69) is 10.6 Å². The standard InChI is InChI=1S/C6H17N3O/c1-3-8-6(10,5-7)9-4-2/h8-10H,3-5,7H2,1-2H3. The highest BCUT2D eigenvalue weighted by molar-refractivity contribution is 4.71. The molecule has 0 saturated carbocycles. The van der Waals surface area contributed by atoms with Gasteiger partial charge in [-0.15, -0.1) is 0 Å². The maximum absolute atomic E-state index is 9.47. The first kappa shape index (κ1) is 9.84. The third-order valence-corrected chi connectivity index (χ3v) is 1.23. The van der Waals surface area contributed by atoms with E-state index in [1.807, 2.05) is 13.8 Å². The molecule has 0 fully saturated rings. The van der Waals surface area contributed by atoms with Gasteiger partial charge in [-0.2, -0.15) is 0 Å². The molecular formula is C6H17N3O. The van der Waals surface area contributed by atoms with Crippen LogP contribution in [-0.2, 0) is 0 Å².